The number of ether oxygens (including phenoxy) is 1. The van der Waals surface area contributed by atoms with E-state index in [0.29, 0.717) is 12.1 Å². The molecule has 0 aliphatic carbocycles. The molecule has 1 saturated heterocycles. The highest BCUT2D eigenvalue weighted by Gasteiger charge is 2.17. The fourth-order valence-electron chi connectivity index (χ4n) is 2.41. The third-order valence-corrected chi connectivity index (χ3v) is 3.32. The van der Waals surface area contributed by atoms with Crippen molar-refractivity contribution < 1.29 is 4.74 Å². The van der Waals surface area contributed by atoms with E-state index in [4.69, 9.17) is 4.74 Å². The topological polar surface area (TPSA) is 49.4 Å². The van der Waals surface area contributed by atoms with Crippen LogP contribution >= 0.6 is 0 Å². The molecular formula is C14H24N4O. The fraction of sp³-hybridized carbons (Fsp3) is 0.643. The average molecular weight is 264 g/mol. The van der Waals surface area contributed by atoms with Crippen molar-refractivity contribution in [3.63, 3.8) is 0 Å². The van der Waals surface area contributed by atoms with E-state index in [1.807, 2.05) is 32.6 Å². The summed E-state index contributed by atoms with van der Waals surface area (Å²) in [4.78, 5) is 6.29. The average Bonchev–Trinajstić information content (AvgIpc) is 2.40. The van der Waals surface area contributed by atoms with Crippen molar-refractivity contribution in [2.45, 2.75) is 25.4 Å². The molecule has 0 aromatic carbocycles. The van der Waals surface area contributed by atoms with Crippen LogP contribution in [0.4, 0.5) is 11.4 Å². The molecule has 2 heterocycles. The van der Waals surface area contributed by atoms with Crippen molar-refractivity contribution in [2.24, 2.45) is 0 Å². The molecule has 5 heteroatoms. The van der Waals surface area contributed by atoms with E-state index in [2.05, 4.69) is 27.4 Å². The van der Waals surface area contributed by atoms with Crippen molar-refractivity contribution in [3.05, 3.63) is 18.5 Å². The molecular weight excluding hydrogens is 240 g/mol. The molecule has 0 saturated carbocycles. The number of nitrogens with one attached hydrogen (secondary N) is 2. The summed E-state index contributed by atoms with van der Waals surface area (Å²) >= 11 is 0. The van der Waals surface area contributed by atoms with Crippen molar-refractivity contribution >= 4 is 11.4 Å². The van der Waals surface area contributed by atoms with Crippen molar-refractivity contribution in [1.29, 1.82) is 0 Å². The Morgan fingerprint density at radius 1 is 1.58 bits per heavy atom. The first kappa shape index (κ1) is 14.1. The van der Waals surface area contributed by atoms with E-state index < -0.39 is 0 Å². The third-order valence-electron chi connectivity index (χ3n) is 3.32. The predicted molar refractivity (Wildman–Crippen MR) is 78.9 cm³/mol. The Morgan fingerprint density at radius 2 is 2.42 bits per heavy atom. The van der Waals surface area contributed by atoms with Gasteiger partial charge in [0.05, 0.1) is 30.8 Å². The Hall–Kier alpha value is -1.33. The number of anilines is 2. The molecule has 2 rings (SSSR count). The monoisotopic (exact) mass is 264 g/mol. The smallest absolute Gasteiger partial charge is 0.0766 e. The molecule has 19 heavy (non-hydrogen) atoms. The third kappa shape index (κ3) is 4.08. The summed E-state index contributed by atoms with van der Waals surface area (Å²) in [6, 6.07) is 2.84. The zero-order valence-electron chi connectivity index (χ0n) is 12.0. The van der Waals surface area contributed by atoms with Gasteiger partial charge in [0, 0.05) is 38.9 Å². The molecule has 1 aromatic rings. The van der Waals surface area contributed by atoms with Gasteiger partial charge in [-0.05, 0) is 19.4 Å². The van der Waals surface area contributed by atoms with Gasteiger partial charge < -0.3 is 20.3 Å². The minimum absolute atomic E-state index is 0.377. The van der Waals surface area contributed by atoms with Crippen LogP contribution in [0, 0.1) is 0 Å². The van der Waals surface area contributed by atoms with E-state index in [1.54, 1.807) is 0 Å². The van der Waals surface area contributed by atoms with E-state index in [1.165, 1.54) is 0 Å². The number of nitrogens with zero attached hydrogens (tertiary/aromatic N) is 2. The van der Waals surface area contributed by atoms with Gasteiger partial charge in [0.25, 0.3) is 0 Å². The maximum atomic E-state index is 5.48. The molecule has 1 aliphatic heterocycles. The molecule has 0 amide bonds. The van der Waals surface area contributed by atoms with E-state index in [-0.39, 0.29) is 0 Å². The van der Waals surface area contributed by atoms with Gasteiger partial charge >= 0.3 is 0 Å². The van der Waals surface area contributed by atoms with Crippen LogP contribution in [0.3, 0.4) is 0 Å². The van der Waals surface area contributed by atoms with Gasteiger partial charge in [-0.25, -0.2) is 0 Å². The van der Waals surface area contributed by atoms with E-state index >= 15 is 0 Å². The van der Waals surface area contributed by atoms with Crippen LogP contribution in [-0.2, 0) is 4.74 Å². The quantitative estimate of drug-likeness (QED) is 0.840. The summed E-state index contributed by atoms with van der Waals surface area (Å²) in [6.07, 6.45) is 4.75. The molecule has 2 N–H and O–H groups in total. The van der Waals surface area contributed by atoms with Gasteiger partial charge in [0.1, 0.15) is 0 Å². The molecule has 2 atom stereocenters. The normalized spacial score (nSPS) is 20.9. The van der Waals surface area contributed by atoms with Crippen LogP contribution in [0.15, 0.2) is 18.5 Å². The molecule has 106 valence electrons. The van der Waals surface area contributed by atoms with Crippen LogP contribution in [-0.4, -0.2) is 50.9 Å². The molecule has 0 bridgehead atoms. The fourth-order valence-corrected chi connectivity index (χ4v) is 2.41. The standard InChI is InChI=1S/C14H24N4O/c1-11(8-12-10-19-7-6-16-12)17-13-9-15-5-4-14(13)18(2)3/h4-5,9,11-12,16-17H,6-8,10H2,1-3H3. The molecule has 0 spiro atoms. The number of morpholine rings is 1. The van der Waals surface area contributed by atoms with Crippen molar-refractivity contribution in [2.75, 3.05) is 44.1 Å². The minimum Gasteiger partial charge on any atom is -0.380 e. The van der Waals surface area contributed by atoms with E-state index in [9.17, 15) is 0 Å². The Labute approximate surface area is 115 Å². The predicted octanol–water partition coefficient (Wildman–Crippen LogP) is 1.33. The van der Waals surface area contributed by atoms with Crippen LogP contribution in [0.25, 0.3) is 0 Å². The SMILES string of the molecule is CC(CC1COCCN1)Nc1cnccc1N(C)C. The van der Waals surface area contributed by atoms with Gasteiger partial charge in [-0.2, -0.15) is 0 Å². The number of aromatic nitrogens is 1. The number of hydrogen-bond acceptors (Lipinski definition) is 5. The van der Waals surface area contributed by atoms with Crippen LogP contribution in [0.1, 0.15) is 13.3 Å². The Bertz CT molecular complexity index is 391. The van der Waals surface area contributed by atoms with Crippen LogP contribution in [0.5, 0.6) is 0 Å². The summed E-state index contributed by atoms with van der Waals surface area (Å²) in [7, 11) is 4.09. The lowest BCUT2D eigenvalue weighted by Crippen LogP contribution is -2.43. The van der Waals surface area contributed by atoms with Crippen molar-refractivity contribution in [1.82, 2.24) is 10.3 Å². The zero-order chi connectivity index (χ0) is 13.7. The summed E-state index contributed by atoms with van der Waals surface area (Å²) in [5.74, 6) is 0. The first-order valence-corrected chi connectivity index (χ1v) is 6.86. The Morgan fingerprint density at radius 3 is 3.11 bits per heavy atom. The summed E-state index contributed by atoms with van der Waals surface area (Å²) in [5, 5.41) is 7.02. The highest BCUT2D eigenvalue weighted by molar-refractivity contribution is 5.68. The molecule has 1 fully saturated rings. The highest BCUT2D eigenvalue weighted by atomic mass is 16.5. The van der Waals surface area contributed by atoms with Gasteiger partial charge in [-0.3, -0.25) is 4.98 Å². The Balaban J connectivity index is 1.92. The number of hydrogen-bond donors (Lipinski definition) is 2. The number of rotatable bonds is 5. The second-order valence-electron chi connectivity index (χ2n) is 5.29. The summed E-state index contributed by atoms with van der Waals surface area (Å²) < 4.78 is 5.48. The molecule has 5 nitrogen and oxygen atoms in total. The van der Waals surface area contributed by atoms with Crippen molar-refractivity contribution in [3.8, 4) is 0 Å². The lowest BCUT2D eigenvalue weighted by Gasteiger charge is -2.28. The van der Waals surface area contributed by atoms with Gasteiger partial charge in [-0.1, -0.05) is 0 Å². The zero-order valence-corrected chi connectivity index (χ0v) is 12.0. The second kappa shape index (κ2) is 6.73. The maximum Gasteiger partial charge on any atom is 0.0766 e. The largest absolute Gasteiger partial charge is 0.380 e. The molecule has 1 aromatic heterocycles. The van der Waals surface area contributed by atoms with E-state index in [0.717, 1.165) is 37.6 Å². The Kier molecular flexibility index (Phi) is 4.99. The highest BCUT2D eigenvalue weighted by Crippen LogP contribution is 2.23. The summed E-state index contributed by atoms with van der Waals surface area (Å²) in [6.45, 7) is 4.78. The first-order valence-electron chi connectivity index (χ1n) is 6.86. The van der Waals surface area contributed by atoms with Gasteiger partial charge in [-0.15, -0.1) is 0 Å². The molecule has 0 radical (unpaired) electrons. The lowest BCUT2D eigenvalue weighted by atomic mass is 10.1. The number of pyridine rings is 1. The van der Waals surface area contributed by atoms with Gasteiger partial charge in [0.15, 0.2) is 0 Å². The molecule has 1 aliphatic rings. The van der Waals surface area contributed by atoms with Crippen LogP contribution in [0.2, 0.25) is 0 Å². The van der Waals surface area contributed by atoms with Gasteiger partial charge in [0.2, 0.25) is 0 Å². The van der Waals surface area contributed by atoms with Crippen LogP contribution < -0.4 is 15.5 Å². The first-order chi connectivity index (χ1) is 9.16. The minimum atomic E-state index is 0.377. The maximum absolute atomic E-state index is 5.48. The second-order valence-corrected chi connectivity index (χ2v) is 5.29. The molecule has 2 unspecified atom stereocenters. The lowest BCUT2D eigenvalue weighted by molar-refractivity contribution is 0.0731. The summed E-state index contributed by atoms with van der Waals surface area (Å²) in [5.41, 5.74) is 2.24.